The molecule has 0 amide bonds. The lowest BCUT2D eigenvalue weighted by Crippen LogP contribution is -2.38. The van der Waals surface area contributed by atoms with Crippen LogP contribution in [-0.4, -0.2) is 29.8 Å². The molecule has 43 heavy (non-hydrogen) atoms. The van der Waals surface area contributed by atoms with Crippen LogP contribution in [0.3, 0.4) is 0 Å². The summed E-state index contributed by atoms with van der Waals surface area (Å²) in [5.74, 6) is -0.672. The summed E-state index contributed by atoms with van der Waals surface area (Å²) in [6.07, 6.45) is 1.64. The maximum atomic E-state index is 13.2. The van der Waals surface area contributed by atoms with Gasteiger partial charge in [-0.05, 0) is 80.8 Å². The van der Waals surface area contributed by atoms with Crippen LogP contribution in [-0.2, 0) is 28.0 Å². The Morgan fingerprint density at radius 2 is 1.02 bits per heavy atom. The van der Waals surface area contributed by atoms with Crippen LogP contribution in [0, 0.1) is 0 Å². The average Bonchev–Trinajstić information content (AvgIpc) is 3.02. The zero-order chi connectivity index (χ0) is 30.8. The molecule has 4 atom stereocenters. The molecule has 0 spiro atoms. The molecule has 0 aliphatic rings. The third-order valence-electron chi connectivity index (χ3n) is 8.07. The summed E-state index contributed by atoms with van der Waals surface area (Å²) in [5.41, 5.74) is 3.84. The first kappa shape index (κ1) is 32.2. The lowest BCUT2D eigenvalue weighted by Gasteiger charge is -2.28. The summed E-state index contributed by atoms with van der Waals surface area (Å²) in [6, 6.07) is 37.1. The number of hydrogen-bond donors (Lipinski definition) is 3. The normalized spacial score (nSPS) is 15.6. The van der Waals surface area contributed by atoms with Crippen molar-refractivity contribution in [2.45, 2.75) is 77.2 Å². The highest BCUT2D eigenvalue weighted by molar-refractivity contribution is 5.85. The molecule has 5 nitrogen and oxygen atoms in total. The van der Waals surface area contributed by atoms with Crippen LogP contribution in [0.15, 0.2) is 109 Å². The van der Waals surface area contributed by atoms with Gasteiger partial charge in [0.1, 0.15) is 0 Å². The highest BCUT2D eigenvalue weighted by atomic mass is 16.5. The van der Waals surface area contributed by atoms with Gasteiger partial charge in [0.15, 0.2) is 0 Å². The van der Waals surface area contributed by atoms with Gasteiger partial charge in [-0.15, -0.1) is 0 Å². The van der Waals surface area contributed by atoms with E-state index in [2.05, 4.69) is 86.9 Å². The lowest BCUT2D eigenvalue weighted by molar-refractivity contribution is -0.161. The Kier molecular flexibility index (Phi) is 11.3. The van der Waals surface area contributed by atoms with Gasteiger partial charge in [-0.25, -0.2) is 4.79 Å². The average molecular weight is 579 g/mol. The standard InChI is InChI=1S/C38H46N2O3/c1-6-43-37(41)38(42,35-21-17-31(18-22-35)25-27(2)39-29(4)33-13-9-7-10-14-33)36-23-19-32(20-24-36)26-28(3)40-30(5)34-15-11-8-12-16-34/h7-24,27-30,39-40,42H,6,25-26H2,1-5H3/t27?,28?,29-,30-,38?/m1/s1. The van der Waals surface area contributed by atoms with Crippen molar-refractivity contribution in [2.24, 2.45) is 0 Å². The molecular formula is C38H46N2O3. The van der Waals surface area contributed by atoms with Gasteiger partial charge in [0, 0.05) is 24.2 Å². The lowest BCUT2D eigenvalue weighted by atomic mass is 9.85. The van der Waals surface area contributed by atoms with Gasteiger partial charge in [-0.1, -0.05) is 109 Å². The molecular weight excluding hydrogens is 532 g/mol. The van der Waals surface area contributed by atoms with E-state index in [1.165, 1.54) is 11.1 Å². The Bertz CT molecular complexity index is 1310. The minimum Gasteiger partial charge on any atom is -0.463 e. The van der Waals surface area contributed by atoms with Gasteiger partial charge in [-0.3, -0.25) is 0 Å². The van der Waals surface area contributed by atoms with Crippen LogP contribution in [0.2, 0.25) is 0 Å². The first-order valence-electron chi connectivity index (χ1n) is 15.4. The van der Waals surface area contributed by atoms with Gasteiger partial charge in [-0.2, -0.15) is 0 Å². The summed E-state index contributed by atoms with van der Waals surface area (Å²) < 4.78 is 5.37. The van der Waals surface area contributed by atoms with E-state index in [9.17, 15) is 9.90 Å². The van der Waals surface area contributed by atoms with Gasteiger partial charge in [0.2, 0.25) is 5.60 Å². The van der Waals surface area contributed by atoms with Crippen LogP contribution in [0.25, 0.3) is 0 Å². The van der Waals surface area contributed by atoms with Gasteiger partial charge >= 0.3 is 5.97 Å². The van der Waals surface area contributed by atoms with Gasteiger partial charge in [0.25, 0.3) is 0 Å². The molecule has 4 aromatic rings. The number of carbonyl (C=O) groups excluding carboxylic acids is 1. The molecule has 226 valence electrons. The second-order valence-electron chi connectivity index (χ2n) is 11.6. The fourth-order valence-corrected chi connectivity index (χ4v) is 5.76. The maximum Gasteiger partial charge on any atom is 0.347 e. The second-order valence-corrected chi connectivity index (χ2v) is 11.6. The molecule has 0 aliphatic carbocycles. The van der Waals surface area contributed by atoms with E-state index in [0.717, 1.165) is 24.0 Å². The van der Waals surface area contributed by atoms with Gasteiger partial charge < -0.3 is 20.5 Å². The van der Waals surface area contributed by atoms with Gasteiger partial charge in [0.05, 0.1) is 6.61 Å². The predicted molar refractivity (Wildman–Crippen MR) is 175 cm³/mol. The number of carbonyl (C=O) groups is 1. The monoisotopic (exact) mass is 578 g/mol. The van der Waals surface area contributed by atoms with E-state index >= 15 is 0 Å². The number of nitrogens with one attached hydrogen (secondary N) is 2. The number of ether oxygens (including phenoxy) is 1. The van der Waals surface area contributed by atoms with E-state index in [1.54, 1.807) is 6.92 Å². The van der Waals surface area contributed by atoms with Crippen molar-refractivity contribution in [1.82, 2.24) is 10.6 Å². The summed E-state index contributed by atoms with van der Waals surface area (Å²) in [4.78, 5) is 13.2. The topological polar surface area (TPSA) is 70.6 Å². The number of benzene rings is 4. The third kappa shape index (κ3) is 8.41. The molecule has 0 bridgehead atoms. The number of rotatable bonds is 14. The molecule has 0 fully saturated rings. The number of esters is 1. The first-order chi connectivity index (χ1) is 20.7. The third-order valence-corrected chi connectivity index (χ3v) is 8.07. The molecule has 0 heterocycles. The van der Waals surface area contributed by atoms with Crippen molar-refractivity contribution in [3.05, 3.63) is 143 Å². The molecule has 4 rings (SSSR count). The smallest absolute Gasteiger partial charge is 0.347 e. The van der Waals surface area contributed by atoms with Crippen LogP contribution in [0.4, 0.5) is 0 Å². The maximum absolute atomic E-state index is 13.2. The molecule has 5 heteroatoms. The summed E-state index contributed by atoms with van der Waals surface area (Å²) >= 11 is 0. The minimum absolute atomic E-state index is 0.183. The van der Waals surface area contributed by atoms with Crippen molar-refractivity contribution in [3.63, 3.8) is 0 Å². The molecule has 0 saturated carbocycles. The van der Waals surface area contributed by atoms with Crippen molar-refractivity contribution >= 4 is 5.97 Å². The number of hydrogen-bond acceptors (Lipinski definition) is 5. The molecule has 0 saturated heterocycles. The van der Waals surface area contributed by atoms with E-state index in [-0.39, 0.29) is 30.8 Å². The Morgan fingerprint density at radius 3 is 1.37 bits per heavy atom. The minimum atomic E-state index is -1.90. The second kappa shape index (κ2) is 15.1. The molecule has 4 aromatic carbocycles. The predicted octanol–water partition coefficient (Wildman–Crippen LogP) is 7.05. The van der Waals surface area contributed by atoms with Crippen LogP contribution in [0.5, 0.6) is 0 Å². The highest BCUT2D eigenvalue weighted by Crippen LogP contribution is 2.32. The quantitative estimate of drug-likeness (QED) is 0.140. The Labute approximate surface area is 257 Å². The van der Waals surface area contributed by atoms with Crippen LogP contribution < -0.4 is 10.6 Å². The van der Waals surface area contributed by atoms with Crippen molar-refractivity contribution < 1.29 is 14.6 Å². The summed E-state index contributed by atoms with van der Waals surface area (Å²) in [6.45, 7) is 10.6. The Hall–Kier alpha value is -3.77. The fourth-order valence-electron chi connectivity index (χ4n) is 5.76. The molecule has 0 aromatic heterocycles. The fraction of sp³-hybridized carbons (Fsp3) is 0.342. The molecule has 0 radical (unpaired) electrons. The van der Waals surface area contributed by atoms with Crippen LogP contribution >= 0.6 is 0 Å². The Balaban J connectivity index is 1.44. The van der Waals surface area contributed by atoms with E-state index in [0.29, 0.717) is 11.1 Å². The zero-order valence-corrected chi connectivity index (χ0v) is 26.1. The Morgan fingerprint density at radius 1 is 0.651 bits per heavy atom. The van der Waals surface area contributed by atoms with Crippen molar-refractivity contribution in [1.29, 1.82) is 0 Å². The van der Waals surface area contributed by atoms with E-state index < -0.39 is 11.6 Å². The van der Waals surface area contributed by atoms with Crippen molar-refractivity contribution in [3.8, 4) is 0 Å². The molecule has 3 N–H and O–H groups in total. The SMILES string of the molecule is CCOC(=O)C(O)(c1ccc(CC(C)N[C@H](C)c2ccccc2)cc1)c1ccc(CC(C)N[C@H](C)c2ccccc2)cc1. The number of aliphatic hydroxyl groups is 1. The highest BCUT2D eigenvalue weighted by Gasteiger charge is 2.41. The summed E-state index contributed by atoms with van der Waals surface area (Å²) in [5, 5.41) is 19.2. The molecule has 2 unspecified atom stereocenters. The largest absolute Gasteiger partial charge is 0.463 e. The first-order valence-corrected chi connectivity index (χ1v) is 15.4. The zero-order valence-electron chi connectivity index (χ0n) is 26.1. The van der Waals surface area contributed by atoms with Crippen molar-refractivity contribution in [2.75, 3.05) is 6.61 Å². The van der Waals surface area contributed by atoms with Crippen LogP contribution in [0.1, 0.15) is 80.1 Å². The summed E-state index contributed by atoms with van der Waals surface area (Å²) in [7, 11) is 0. The van der Waals surface area contributed by atoms with E-state index in [4.69, 9.17) is 4.74 Å². The van der Waals surface area contributed by atoms with E-state index in [1.807, 2.05) is 60.7 Å². The molecule has 0 aliphatic heterocycles.